The lowest BCUT2D eigenvalue weighted by molar-refractivity contribution is -0.123. The van der Waals surface area contributed by atoms with Gasteiger partial charge >= 0.3 is 5.97 Å². The molecule has 0 bridgehead atoms. The van der Waals surface area contributed by atoms with Crippen LogP contribution in [0.1, 0.15) is 43.6 Å². The molecular weight excluding hydrogens is 408 g/mol. The minimum atomic E-state index is -4.11. The summed E-state index contributed by atoms with van der Waals surface area (Å²) in [4.78, 5) is 24.4. The Morgan fingerprint density at radius 1 is 1.07 bits per heavy atom. The Morgan fingerprint density at radius 2 is 1.67 bits per heavy atom. The number of carbonyl (C=O) groups excluding carboxylic acids is 2. The third-order valence-corrected chi connectivity index (χ3v) is 5.31. The number of primary sulfonamides is 1. The number of sulfonamides is 1. The van der Waals surface area contributed by atoms with Gasteiger partial charge in [0, 0.05) is 5.69 Å². The van der Waals surface area contributed by atoms with E-state index in [-0.39, 0.29) is 21.6 Å². The number of ether oxygens (including phenoxy) is 2. The first-order valence-corrected chi connectivity index (χ1v) is 10.7. The van der Waals surface area contributed by atoms with E-state index in [2.05, 4.69) is 26.1 Å². The van der Waals surface area contributed by atoms with Crippen molar-refractivity contribution in [2.75, 3.05) is 12.4 Å². The number of rotatable bonds is 6. The summed E-state index contributed by atoms with van der Waals surface area (Å²) in [6.07, 6.45) is -1.11. The van der Waals surface area contributed by atoms with Crippen LogP contribution in [0, 0.1) is 0 Å². The first-order chi connectivity index (χ1) is 13.8. The normalized spacial score (nSPS) is 12.7. The third kappa shape index (κ3) is 5.80. The van der Waals surface area contributed by atoms with Crippen molar-refractivity contribution in [2.45, 2.75) is 44.1 Å². The van der Waals surface area contributed by atoms with Gasteiger partial charge < -0.3 is 14.8 Å². The van der Waals surface area contributed by atoms with Crippen LogP contribution in [0.3, 0.4) is 0 Å². The number of esters is 1. The summed E-state index contributed by atoms with van der Waals surface area (Å²) < 4.78 is 33.5. The van der Waals surface area contributed by atoms with Crippen molar-refractivity contribution in [3.63, 3.8) is 0 Å². The number of hydrogen-bond donors (Lipinski definition) is 2. The Balaban J connectivity index is 2.09. The van der Waals surface area contributed by atoms with Gasteiger partial charge in [0.2, 0.25) is 10.0 Å². The number of amides is 1. The van der Waals surface area contributed by atoms with Crippen LogP contribution in [0.5, 0.6) is 5.75 Å². The van der Waals surface area contributed by atoms with E-state index in [1.807, 2.05) is 12.1 Å². The Bertz CT molecular complexity index is 1040. The van der Waals surface area contributed by atoms with Crippen LogP contribution < -0.4 is 15.2 Å². The number of carbonyl (C=O) groups is 2. The van der Waals surface area contributed by atoms with Crippen LogP contribution in [-0.4, -0.2) is 33.5 Å². The molecule has 0 aliphatic rings. The number of methoxy groups -OCH3 is 1. The number of benzene rings is 2. The average Bonchev–Trinajstić information content (AvgIpc) is 2.66. The van der Waals surface area contributed by atoms with Gasteiger partial charge in [0.15, 0.2) is 6.10 Å². The van der Waals surface area contributed by atoms with Crippen molar-refractivity contribution in [3.05, 3.63) is 53.6 Å². The van der Waals surface area contributed by atoms with Crippen LogP contribution >= 0.6 is 0 Å². The van der Waals surface area contributed by atoms with Gasteiger partial charge in [-0.3, -0.25) is 4.79 Å². The van der Waals surface area contributed by atoms with Crippen molar-refractivity contribution >= 4 is 27.6 Å². The fourth-order valence-corrected chi connectivity index (χ4v) is 3.33. The number of nitrogens with two attached hydrogens (primary N) is 1. The zero-order valence-electron chi connectivity index (χ0n) is 17.6. The smallest absolute Gasteiger partial charge is 0.338 e. The maximum Gasteiger partial charge on any atom is 0.338 e. The molecule has 0 saturated heterocycles. The topological polar surface area (TPSA) is 125 Å². The first-order valence-electron chi connectivity index (χ1n) is 9.16. The first kappa shape index (κ1) is 23.4. The molecule has 0 aliphatic heterocycles. The maximum atomic E-state index is 12.4. The van der Waals surface area contributed by atoms with Crippen molar-refractivity contribution in [1.29, 1.82) is 0 Å². The molecule has 2 rings (SSSR count). The Labute approximate surface area is 176 Å². The van der Waals surface area contributed by atoms with Crippen molar-refractivity contribution in [2.24, 2.45) is 5.14 Å². The molecule has 1 atom stereocenters. The van der Waals surface area contributed by atoms with Crippen molar-refractivity contribution < 1.29 is 27.5 Å². The molecule has 0 aromatic heterocycles. The molecule has 2 aromatic rings. The highest BCUT2D eigenvalue weighted by Crippen LogP contribution is 2.25. The summed E-state index contributed by atoms with van der Waals surface area (Å²) in [5.74, 6) is -1.39. The molecule has 8 nitrogen and oxygen atoms in total. The van der Waals surface area contributed by atoms with E-state index in [0.717, 1.165) is 11.6 Å². The highest BCUT2D eigenvalue weighted by Gasteiger charge is 2.23. The summed E-state index contributed by atoms with van der Waals surface area (Å²) in [6, 6.07) is 11.0. The van der Waals surface area contributed by atoms with Crippen LogP contribution in [0.4, 0.5) is 5.69 Å². The number of hydrogen-bond acceptors (Lipinski definition) is 6. The van der Waals surface area contributed by atoms with Crippen LogP contribution in [0.15, 0.2) is 47.4 Å². The highest BCUT2D eigenvalue weighted by molar-refractivity contribution is 7.89. The fourth-order valence-electron chi connectivity index (χ4n) is 2.61. The quantitative estimate of drug-likeness (QED) is 0.674. The van der Waals surface area contributed by atoms with E-state index < -0.39 is 28.0 Å². The molecule has 30 heavy (non-hydrogen) atoms. The van der Waals surface area contributed by atoms with Crippen LogP contribution in [0.25, 0.3) is 0 Å². The van der Waals surface area contributed by atoms with Crippen molar-refractivity contribution in [3.8, 4) is 5.75 Å². The van der Waals surface area contributed by atoms with Crippen LogP contribution in [0.2, 0.25) is 0 Å². The number of nitrogens with one attached hydrogen (secondary N) is 1. The second-order valence-electron chi connectivity index (χ2n) is 7.77. The molecule has 162 valence electrons. The lowest BCUT2D eigenvalue weighted by atomic mass is 9.87. The summed E-state index contributed by atoms with van der Waals surface area (Å²) >= 11 is 0. The lowest BCUT2D eigenvalue weighted by Gasteiger charge is -2.19. The van der Waals surface area contributed by atoms with E-state index in [9.17, 15) is 18.0 Å². The lowest BCUT2D eigenvalue weighted by Crippen LogP contribution is -2.30. The van der Waals surface area contributed by atoms with E-state index in [1.165, 1.54) is 26.2 Å². The molecule has 0 heterocycles. The summed E-state index contributed by atoms with van der Waals surface area (Å²) in [6.45, 7) is 7.68. The van der Waals surface area contributed by atoms with Gasteiger partial charge in [0.05, 0.1) is 12.7 Å². The number of anilines is 1. The van der Waals surface area contributed by atoms with Gasteiger partial charge in [0.1, 0.15) is 10.6 Å². The minimum absolute atomic E-state index is 0.00135. The molecule has 0 radical (unpaired) electrons. The maximum absolute atomic E-state index is 12.4. The molecule has 3 N–H and O–H groups in total. The SMILES string of the molecule is COc1ccc(C(=O)OC(C)C(=O)Nc2ccc(C(C)(C)C)cc2)cc1S(N)(=O)=O. The van der Waals surface area contributed by atoms with Gasteiger partial charge in [0.25, 0.3) is 5.91 Å². The molecule has 0 spiro atoms. The Morgan fingerprint density at radius 3 is 2.17 bits per heavy atom. The molecule has 2 aromatic carbocycles. The molecule has 1 amide bonds. The van der Waals surface area contributed by atoms with E-state index in [0.29, 0.717) is 5.69 Å². The minimum Gasteiger partial charge on any atom is -0.495 e. The Kier molecular flexibility index (Phi) is 6.89. The zero-order chi connectivity index (χ0) is 22.7. The highest BCUT2D eigenvalue weighted by atomic mass is 32.2. The van der Waals surface area contributed by atoms with Gasteiger partial charge in [-0.1, -0.05) is 32.9 Å². The molecule has 1 unspecified atom stereocenters. The summed E-state index contributed by atoms with van der Waals surface area (Å²) in [5.41, 5.74) is 1.59. The average molecular weight is 435 g/mol. The van der Waals surface area contributed by atoms with E-state index in [1.54, 1.807) is 12.1 Å². The predicted molar refractivity (Wildman–Crippen MR) is 113 cm³/mol. The zero-order valence-corrected chi connectivity index (χ0v) is 18.4. The summed E-state index contributed by atoms with van der Waals surface area (Å²) in [5, 5.41) is 7.83. The standard InChI is InChI=1S/C21H26N2O6S/c1-13(19(24)23-16-9-7-15(8-10-16)21(2,3)4)29-20(25)14-6-11-17(28-5)18(12-14)30(22,26)27/h6-13H,1-5H3,(H,23,24)(H2,22,26,27). The van der Waals surface area contributed by atoms with Gasteiger partial charge in [-0.2, -0.15) is 0 Å². The van der Waals surface area contributed by atoms with E-state index >= 15 is 0 Å². The fraction of sp³-hybridized carbons (Fsp3) is 0.333. The predicted octanol–water partition coefficient (Wildman–Crippen LogP) is 2.82. The molecule has 9 heteroatoms. The Hall–Kier alpha value is -2.91. The van der Waals surface area contributed by atoms with Crippen molar-refractivity contribution in [1.82, 2.24) is 0 Å². The van der Waals surface area contributed by atoms with E-state index in [4.69, 9.17) is 14.6 Å². The molecule has 0 saturated carbocycles. The third-order valence-electron chi connectivity index (χ3n) is 4.38. The second kappa shape index (κ2) is 8.85. The molecule has 0 aliphatic carbocycles. The second-order valence-corrected chi connectivity index (χ2v) is 9.30. The van der Waals surface area contributed by atoms with Crippen LogP contribution in [-0.2, 0) is 25.0 Å². The molecule has 0 fully saturated rings. The molecular formula is C21H26N2O6S. The monoisotopic (exact) mass is 434 g/mol. The summed E-state index contributed by atoms with van der Waals surface area (Å²) in [7, 11) is -2.83. The van der Waals surface area contributed by atoms with Gasteiger partial charge in [-0.05, 0) is 48.2 Å². The largest absolute Gasteiger partial charge is 0.495 e. The van der Waals surface area contributed by atoms with Gasteiger partial charge in [-0.15, -0.1) is 0 Å². The van der Waals surface area contributed by atoms with Gasteiger partial charge in [-0.25, -0.2) is 18.4 Å².